The summed E-state index contributed by atoms with van der Waals surface area (Å²) in [5.74, 6) is 0.968. The number of aldehydes is 1. The van der Waals surface area contributed by atoms with Gasteiger partial charge < -0.3 is 4.90 Å². The van der Waals surface area contributed by atoms with Crippen LogP contribution in [0.2, 0.25) is 0 Å². The second-order valence-electron chi connectivity index (χ2n) is 5.13. The zero-order chi connectivity index (χ0) is 11.9. The van der Waals surface area contributed by atoms with Gasteiger partial charge in [-0.05, 0) is 33.6 Å². The van der Waals surface area contributed by atoms with Crippen LogP contribution >= 0.6 is 0 Å². The van der Waals surface area contributed by atoms with Crippen LogP contribution in [-0.2, 0) is 7.05 Å². The number of aryl methyl sites for hydroxylation is 2. The minimum absolute atomic E-state index is 0.123. The van der Waals surface area contributed by atoms with Crippen molar-refractivity contribution in [2.45, 2.75) is 39.2 Å². The Morgan fingerprint density at radius 1 is 1.44 bits per heavy atom. The van der Waals surface area contributed by atoms with Gasteiger partial charge in [0.05, 0.1) is 11.3 Å². The van der Waals surface area contributed by atoms with Crippen LogP contribution in [0.1, 0.15) is 42.7 Å². The Balaban J connectivity index is 2.51. The summed E-state index contributed by atoms with van der Waals surface area (Å²) in [6.07, 6.45) is 3.26. The van der Waals surface area contributed by atoms with E-state index in [0.29, 0.717) is 0 Å². The first kappa shape index (κ1) is 11.2. The number of carbonyl (C=O) groups is 1. The molecule has 0 N–H and O–H groups in total. The van der Waals surface area contributed by atoms with Crippen LogP contribution in [-0.4, -0.2) is 28.2 Å². The van der Waals surface area contributed by atoms with Gasteiger partial charge in [0.1, 0.15) is 5.82 Å². The molecule has 1 fully saturated rings. The zero-order valence-electron chi connectivity index (χ0n) is 10.4. The summed E-state index contributed by atoms with van der Waals surface area (Å²) in [6.45, 7) is 7.33. The van der Waals surface area contributed by atoms with Crippen LogP contribution in [0.25, 0.3) is 0 Å². The van der Waals surface area contributed by atoms with Gasteiger partial charge in [0.25, 0.3) is 0 Å². The number of rotatable bonds is 2. The smallest absolute Gasteiger partial charge is 0.155 e. The van der Waals surface area contributed by atoms with E-state index in [0.717, 1.165) is 36.3 Å². The molecule has 0 unspecified atom stereocenters. The molecule has 4 nitrogen and oxygen atoms in total. The normalized spacial score (nSPS) is 19.1. The van der Waals surface area contributed by atoms with E-state index in [1.807, 2.05) is 18.7 Å². The van der Waals surface area contributed by atoms with Gasteiger partial charge in [-0.2, -0.15) is 5.10 Å². The first-order chi connectivity index (χ1) is 7.47. The molecule has 16 heavy (non-hydrogen) atoms. The summed E-state index contributed by atoms with van der Waals surface area (Å²) in [5, 5.41) is 4.34. The molecule has 1 saturated heterocycles. The Hall–Kier alpha value is -1.32. The maximum atomic E-state index is 11.1. The van der Waals surface area contributed by atoms with Crippen molar-refractivity contribution in [1.82, 2.24) is 9.78 Å². The molecular weight excluding hydrogens is 202 g/mol. The molecule has 1 aromatic rings. The van der Waals surface area contributed by atoms with Crippen LogP contribution in [0.5, 0.6) is 0 Å². The Labute approximate surface area is 96.2 Å². The van der Waals surface area contributed by atoms with E-state index >= 15 is 0 Å². The number of hydrogen-bond donors (Lipinski definition) is 0. The molecule has 0 spiro atoms. The lowest BCUT2D eigenvalue weighted by Gasteiger charge is -2.33. The molecule has 0 aromatic carbocycles. The predicted molar refractivity (Wildman–Crippen MR) is 64.0 cm³/mol. The molecule has 0 amide bonds. The predicted octanol–water partition coefficient (Wildman–Crippen LogP) is 1.92. The Bertz CT molecular complexity index is 420. The molecule has 2 rings (SSSR count). The zero-order valence-corrected chi connectivity index (χ0v) is 10.4. The van der Waals surface area contributed by atoms with Gasteiger partial charge >= 0.3 is 0 Å². The minimum atomic E-state index is 0.123. The summed E-state index contributed by atoms with van der Waals surface area (Å²) in [4.78, 5) is 13.5. The molecule has 0 aliphatic carbocycles. The summed E-state index contributed by atoms with van der Waals surface area (Å²) >= 11 is 0. The fourth-order valence-electron chi connectivity index (χ4n) is 2.62. The van der Waals surface area contributed by atoms with Gasteiger partial charge in [0, 0.05) is 19.1 Å². The Morgan fingerprint density at radius 3 is 2.62 bits per heavy atom. The summed E-state index contributed by atoms with van der Waals surface area (Å²) in [6, 6.07) is 0. The molecule has 2 heterocycles. The second-order valence-corrected chi connectivity index (χ2v) is 5.13. The van der Waals surface area contributed by atoms with Gasteiger partial charge in [-0.3, -0.25) is 9.48 Å². The third-order valence-electron chi connectivity index (χ3n) is 3.51. The van der Waals surface area contributed by atoms with Crippen molar-refractivity contribution in [2.75, 3.05) is 11.4 Å². The van der Waals surface area contributed by atoms with E-state index in [1.54, 1.807) is 0 Å². The standard InChI is InChI=1S/C12H19N3O/c1-9-10(8-16)11(14(4)13-9)15-7-5-6-12(15,2)3/h8H,5-7H2,1-4H3. The molecule has 88 valence electrons. The third kappa shape index (κ3) is 1.52. The molecule has 0 radical (unpaired) electrons. The molecule has 1 aliphatic heterocycles. The van der Waals surface area contributed by atoms with Crippen molar-refractivity contribution in [2.24, 2.45) is 7.05 Å². The van der Waals surface area contributed by atoms with E-state index in [2.05, 4.69) is 23.8 Å². The average molecular weight is 221 g/mol. The minimum Gasteiger partial charge on any atom is -0.351 e. The molecule has 1 aromatic heterocycles. The van der Waals surface area contributed by atoms with Crippen LogP contribution in [0.3, 0.4) is 0 Å². The van der Waals surface area contributed by atoms with Gasteiger partial charge in [-0.25, -0.2) is 0 Å². The number of hydrogen-bond acceptors (Lipinski definition) is 3. The van der Waals surface area contributed by atoms with Crippen LogP contribution in [0.15, 0.2) is 0 Å². The van der Waals surface area contributed by atoms with Crippen molar-refractivity contribution >= 4 is 12.1 Å². The topological polar surface area (TPSA) is 38.1 Å². The van der Waals surface area contributed by atoms with Crippen LogP contribution in [0.4, 0.5) is 5.82 Å². The number of nitrogens with zero attached hydrogens (tertiary/aromatic N) is 3. The van der Waals surface area contributed by atoms with Gasteiger partial charge in [0.2, 0.25) is 0 Å². The fraction of sp³-hybridized carbons (Fsp3) is 0.667. The van der Waals surface area contributed by atoms with E-state index in [-0.39, 0.29) is 5.54 Å². The summed E-state index contributed by atoms with van der Waals surface area (Å²) in [5.41, 5.74) is 1.67. The molecule has 1 aliphatic rings. The maximum Gasteiger partial charge on any atom is 0.155 e. The molecular formula is C12H19N3O. The monoisotopic (exact) mass is 221 g/mol. The molecule has 4 heteroatoms. The highest BCUT2D eigenvalue weighted by Gasteiger charge is 2.35. The summed E-state index contributed by atoms with van der Waals surface area (Å²) < 4.78 is 1.83. The molecule has 0 saturated carbocycles. The molecule has 0 atom stereocenters. The van der Waals surface area contributed by atoms with Crippen molar-refractivity contribution in [1.29, 1.82) is 0 Å². The lowest BCUT2D eigenvalue weighted by Crippen LogP contribution is -2.39. The van der Waals surface area contributed by atoms with Crippen molar-refractivity contribution < 1.29 is 4.79 Å². The average Bonchev–Trinajstić information content (AvgIpc) is 2.65. The van der Waals surface area contributed by atoms with Gasteiger partial charge in [-0.15, -0.1) is 0 Å². The number of aromatic nitrogens is 2. The first-order valence-electron chi connectivity index (χ1n) is 5.74. The lowest BCUT2D eigenvalue weighted by molar-refractivity contribution is 0.112. The Morgan fingerprint density at radius 2 is 2.12 bits per heavy atom. The van der Waals surface area contributed by atoms with Crippen LogP contribution < -0.4 is 4.90 Å². The van der Waals surface area contributed by atoms with E-state index < -0.39 is 0 Å². The van der Waals surface area contributed by atoms with Crippen molar-refractivity contribution in [3.63, 3.8) is 0 Å². The number of carbonyl (C=O) groups excluding carboxylic acids is 1. The molecule has 0 bridgehead atoms. The fourth-order valence-corrected chi connectivity index (χ4v) is 2.62. The highest BCUT2D eigenvalue weighted by molar-refractivity contribution is 5.85. The van der Waals surface area contributed by atoms with Crippen molar-refractivity contribution in [3.8, 4) is 0 Å². The second kappa shape index (κ2) is 3.61. The quantitative estimate of drug-likeness (QED) is 0.716. The lowest BCUT2D eigenvalue weighted by atomic mass is 10.0. The maximum absolute atomic E-state index is 11.1. The van der Waals surface area contributed by atoms with E-state index in [9.17, 15) is 4.79 Å². The van der Waals surface area contributed by atoms with Gasteiger partial charge in [-0.1, -0.05) is 0 Å². The largest absolute Gasteiger partial charge is 0.351 e. The highest BCUT2D eigenvalue weighted by atomic mass is 16.1. The highest BCUT2D eigenvalue weighted by Crippen LogP contribution is 2.35. The third-order valence-corrected chi connectivity index (χ3v) is 3.51. The van der Waals surface area contributed by atoms with Crippen LogP contribution in [0, 0.1) is 6.92 Å². The van der Waals surface area contributed by atoms with Gasteiger partial charge in [0.15, 0.2) is 6.29 Å². The first-order valence-corrected chi connectivity index (χ1v) is 5.74. The van der Waals surface area contributed by atoms with Crippen molar-refractivity contribution in [3.05, 3.63) is 11.3 Å². The van der Waals surface area contributed by atoms with E-state index in [1.165, 1.54) is 6.42 Å². The number of anilines is 1. The van der Waals surface area contributed by atoms with E-state index in [4.69, 9.17) is 0 Å². The SMILES string of the molecule is Cc1nn(C)c(N2CCCC2(C)C)c1C=O. The summed E-state index contributed by atoms with van der Waals surface area (Å²) in [7, 11) is 1.91. The Kier molecular flexibility index (Phi) is 2.52.